The number of halogens is 2. The Bertz CT molecular complexity index is 1080. The number of carbonyl (C=O) groups is 1. The van der Waals surface area contributed by atoms with E-state index in [4.69, 9.17) is 9.47 Å². The van der Waals surface area contributed by atoms with Crippen LogP contribution in [0.2, 0.25) is 0 Å². The van der Waals surface area contributed by atoms with Crippen molar-refractivity contribution in [2.45, 2.75) is 11.3 Å². The molecule has 3 rings (SSSR count). The van der Waals surface area contributed by atoms with Crippen molar-refractivity contribution >= 4 is 21.6 Å². The van der Waals surface area contributed by atoms with E-state index in [1.807, 2.05) is 4.90 Å². The topological polar surface area (TPSA) is 88.2 Å². The van der Waals surface area contributed by atoms with Crippen LogP contribution in [0, 0.1) is 11.6 Å². The molecular weight excluding hydrogens is 444 g/mol. The molecule has 0 bridgehead atoms. The lowest BCUT2D eigenvalue weighted by molar-refractivity contribution is -0.117. The molecule has 1 aliphatic rings. The molecule has 0 aliphatic carbocycles. The minimum atomic E-state index is -3.97. The molecule has 0 radical (unpaired) electrons. The Balaban J connectivity index is 1.61. The second-order valence-corrected chi connectivity index (χ2v) is 9.16. The Labute approximate surface area is 185 Å². The number of anilines is 1. The maximum Gasteiger partial charge on any atom is 0.243 e. The lowest BCUT2D eigenvalue weighted by Crippen LogP contribution is -2.38. The van der Waals surface area contributed by atoms with Crippen LogP contribution in [0.5, 0.6) is 11.5 Å². The van der Waals surface area contributed by atoms with Gasteiger partial charge in [0.25, 0.3) is 0 Å². The maximum atomic E-state index is 13.5. The van der Waals surface area contributed by atoms with Gasteiger partial charge in [-0.1, -0.05) is 0 Å². The minimum absolute atomic E-state index is 0.0637. The van der Waals surface area contributed by atoms with Gasteiger partial charge in [0.2, 0.25) is 15.9 Å². The third-order valence-corrected chi connectivity index (χ3v) is 7.02. The van der Waals surface area contributed by atoms with Crippen LogP contribution in [-0.2, 0) is 14.8 Å². The van der Waals surface area contributed by atoms with E-state index in [0.29, 0.717) is 42.8 Å². The first kappa shape index (κ1) is 23.9. The maximum absolute atomic E-state index is 13.5. The van der Waals surface area contributed by atoms with Gasteiger partial charge in [0.1, 0.15) is 11.5 Å². The first-order valence-corrected chi connectivity index (χ1v) is 11.4. The van der Waals surface area contributed by atoms with E-state index in [-0.39, 0.29) is 30.4 Å². The summed E-state index contributed by atoms with van der Waals surface area (Å²) in [6.07, 6.45) is 0.488. The summed E-state index contributed by atoms with van der Waals surface area (Å²) < 4.78 is 63.9. The molecular formula is C21H25F2N3O5S. The van der Waals surface area contributed by atoms with Gasteiger partial charge in [-0.2, -0.15) is 4.31 Å². The summed E-state index contributed by atoms with van der Waals surface area (Å²) >= 11 is 0. The van der Waals surface area contributed by atoms with Crippen molar-refractivity contribution in [3.63, 3.8) is 0 Å². The second kappa shape index (κ2) is 10.2. The average molecular weight is 470 g/mol. The first-order chi connectivity index (χ1) is 15.2. The summed E-state index contributed by atoms with van der Waals surface area (Å²) in [5.74, 6) is -1.55. The third kappa shape index (κ3) is 5.53. The molecule has 1 heterocycles. The first-order valence-electron chi connectivity index (χ1n) is 9.94. The molecule has 11 heteroatoms. The Morgan fingerprint density at radius 1 is 1.00 bits per heavy atom. The predicted octanol–water partition coefficient (Wildman–Crippen LogP) is 2.32. The molecule has 1 amide bonds. The fraction of sp³-hybridized carbons (Fsp3) is 0.381. The lowest BCUT2D eigenvalue weighted by Gasteiger charge is -2.21. The molecule has 0 spiro atoms. The Morgan fingerprint density at radius 3 is 2.47 bits per heavy atom. The van der Waals surface area contributed by atoms with Crippen LogP contribution in [0.3, 0.4) is 0 Å². The van der Waals surface area contributed by atoms with Crippen LogP contribution < -0.4 is 14.8 Å². The molecule has 32 heavy (non-hydrogen) atoms. The van der Waals surface area contributed by atoms with E-state index >= 15 is 0 Å². The van der Waals surface area contributed by atoms with Gasteiger partial charge >= 0.3 is 0 Å². The Hall–Kier alpha value is -2.76. The number of rotatable bonds is 7. The Kier molecular flexibility index (Phi) is 7.64. The van der Waals surface area contributed by atoms with Gasteiger partial charge in [-0.15, -0.1) is 0 Å². The zero-order valence-corrected chi connectivity index (χ0v) is 18.6. The van der Waals surface area contributed by atoms with Crippen LogP contribution in [-0.4, -0.2) is 70.5 Å². The van der Waals surface area contributed by atoms with Gasteiger partial charge in [-0.3, -0.25) is 9.69 Å². The zero-order valence-electron chi connectivity index (χ0n) is 17.8. The van der Waals surface area contributed by atoms with Crippen molar-refractivity contribution in [3.05, 3.63) is 48.0 Å². The highest BCUT2D eigenvalue weighted by Gasteiger charge is 2.28. The third-order valence-electron chi connectivity index (χ3n) is 5.13. The van der Waals surface area contributed by atoms with Crippen LogP contribution in [0.15, 0.2) is 41.3 Å². The lowest BCUT2D eigenvalue weighted by atomic mass is 10.2. The molecule has 0 unspecified atom stereocenters. The molecule has 0 aromatic heterocycles. The molecule has 174 valence electrons. The number of amides is 1. The van der Waals surface area contributed by atoms with Crippen LogP contribution in [0.25, 0.3) is 0 Å². The molecule has 0 saturated carbocycles. The fourth-order valence-electron chi connectivity index (χ4n) is 3.43. The minimum Gasteiger partial charge on any atom is -0.497 e. The number of hydrogen-bond donors (Lipinski definition) is 1. The van der Waals surface area contributed by atoms with Gasteiger partial charge in [0.15, 0.2) is 11.6 Å². The van der Waals surface area contributed by atoms with Crippen molar-refractivity contribution in [2.24, 2.45) is 0 Å². The molecule has 1 fully saturated rings. The normalized spacial score (nSPS) is 15.8. The Morgan fingerprint density at radius 2 is 1.78 bits per heavy atom. The van der Waals surface area contributed by atoms with Crippen molar-refractivity contribution in [1.82, 2.24) is 9.21 Å². The van der Waals surface area contributed by atoms with Crippen molar-refractivity contribution < 1.29 is 31.5 Å². The summed E-state index contributed by atoms with van der Waals surface area (Å²) in [5.41, 5.74) is 0.496. The molecule has 0 atom stereocenters. The van der Waals surface area contributed by atoms with Crippen LogP contribution in [0.1, 0.15) is 6.42 Å². The number of sulfonamides is 1. The SMILES string of the molecule is COc1ccc(NC(=O)CN2CCCN(S(=O)(=O)c3ccc(F)c(F)c3)CC2)c(OC)c1. The monoisotopic (exact) mass is 469 g/mol. The summed E-state index contributed by atoms with van der Waals surface area (Å²) in [7, 11) is -0.952. The molecule has 1 saturated heterocycles. The molecule has 1 aliphatic heterocycles. The summed E-state index contributed by atoms with van der Waals surface area (Å²) in [6.45, 7) is 1.23. The largest absolute Gasteiger partial charge is 0.497 e. The summed E-state index contributed by atoms with van der Waals surface area (Å²) in [5, 5.41) is 2.79. The van der Waals surface area contributed by atoms with Crippen molar-refractivity contribution in [1.29, 1.82) is 0 Å². The molecule has 2 aromatic rings. The van der Waals surface area contributed by atoms with Crippen LogP contribution >= 0.6 is 0 Å². The molecule has 1 N–H and O–H groups in total. The van der Waals surface area contributed by atoms with Gasteiger partial charge < -0.3 is 14.8 Å². The van der Waals surface area contributed by atoms with E-state index in [1.54, 1.807) is 18.2 Å². The number of carbonyl (C=O) groups excluding carboxylic acids is 1. The van der Waals surface area contributed by atoms with Crippen LogP contribution in [0.4, 0.5) is 14.5 Å². The second-order valence-electron chi connectivity index (χ2n) is 7.22. The van der Waals surface area contributed by atoms with Gasteiger partial charge in [-0.25, -0.2) is 17.2 Å². The number of nitrogens with one attached hydrogen (secondary N) is 1. The fourth-order valence-corrected chi connectivity index (χ4v) is 4.91. The van der Waals surface area contributed by atoms with E-state index in [2.05, 4.69) is 5.32 Å². The number of ether oxygens (including phenoxy) is 2. The van der Waals surface area contributed by atoms with E-state index < -0.39 is 21.7 Å². The zero-order chi connectivity index (χ0) is 23.3. The smallest absolute Gasteiger partial charge is 0.243 e. The average Bonchev–Trinajstić information content (AvgIpc) is 3.01. The number of benzene rings is 2. The highest BCUT2D eigenvalue weighted by molar-refractivity contribution is 7.89. The van der Waals surface area contributed by atoms with Gasteiger partial charge in [-0.05, 0) is 43.3 Å². The van der Waals surface area contributed by atoms with E-state index in [1.165, 1.54) is 18.5 Å². The number of nitrogens with zero attached hydrogens (tertiary/aromatic N) is 2. The van der Waals surface area contributed by atoms with Gasteiger partial charge in [0.05, 0.1) is 31.3 Å². The standard InChI is InChI=1S/C21H25F2N3O5S/c1-30-15-4-7-19(20(12-15)31-2)24-21(27)14-25-8-3-9-26(11-10-25)32(28,29)16-5-6-17(22)18(23)13-16/h4-7,12-13H,3,8-11,14H2,1-2H3,(H,24,27). The van der Waals surface area contributed by atoms with Gasteiger partial charge in [0, 0.05) is 25.7 Å². The predicted molar refractivity (Wildman–Crippen MR) is 114 cm³/mol. The van der Waals surface area contributed by atoms with E-state index in [9.17, 15) is 22.0 Å². The van der Waals surface area contributed by atoms with Crippen molar-refractivity contribution in [2.75, 3.05) is 52.3 Å². The molecule has 2 aromatic carbocycles. The number of hydrogen-bond acceptors (Lipinski definition) is 6. The highest BCUT2D eigenvalue weighted by Crippen LogP contribution is 2.29. The van der Waals surface area contributed by atoms with E-state index in [0.717, 1.165) is 12.1 Å². The summed E-state index contributed by atoms with van der Waals surface area (Å²) in [6, 6.07) is 7.56. The quantitative estimate of drug-likeness (QED) is 0.670. The summed E-state index contributed by atoms with van der Waals surface area (Å²) in [4.78, 5) is 14.1. The molecule has 8 nitrogen and oxygen atoms in total. The number of methoxy groups -OCH3 is 2. The highest BCUT2D eigenvalue weighted by atomic mass is 32.2. The van der Waals surface area contributed by atoms with Crippen molar-refractivity contribution in [3.8, 4) is 11.5 Å².